The van der Waals surface area contributed by atoms with Crippen LogP contribution in [0.2, 0.25) is 0 Å². The first-order chi connectivity index (χ1) is 8.08. The lowest BCUT2D eigenvalue weighted by Gasteiger charge is -2.10. The second kappa shape index (κ2) is 4.65. The Morgan fingerprint density at radius 1 is 1.29 bits per heavy atom. The van der Waals surface area contributed by atoms with Gasteiger partial charge in [-0.15, -0.1) is 0 Å². The minimum atomic E-state index is -0.555. The van der Waals surface area contributed by atoms with Crippen LogP contribution in [0.1, 0.15) is 31.2 Å². The number of hydrogen-bond donors (Lipinski definition) is 0. The lowest BCUT2D eigenvalue weighted by molar-refractivity contribution is 0.561. The van der Waals surface area contributed by atoms with Gasteiger partial charge in [-0.3, -0.25) is 0 Å². The number of hydrogen-bond acceptors (Lipinski definition) is 1. The van der Waals surface area contributed by atoms with Crippen molar-refractivity contribution in [1.82, 2.24) is 9.55 Å². The summed E-state index contributed by atoms with van der Waals surface area (Å²) in [5.74, 6) is 0.0941. The van der Waals surface area contributed by atoms with Gasteiger partial charge in [0.2, 0.25) is 0 Å². The molecule has 1 aromatic heterocycles. The van der Waals surface area contributed by atoms with Gasteiger partial charge >= 0.3 is 0 Å². The molecule has 0 N–H and O–H groups in total. The lowest BCUT2D eigenvalue weighted by atomic mass is 10.2. The second-order valence-corrected chi connectivity index (χ2v) is 4.30. The third-order valence-electron chi connectivity index (χ3n) is 2.62. The third-order valence-corrected chi connectivity index (χ3v) is 2.62. The molecular formula is C13H14F2N2. The number of halogens is 2. The summed E-state index contributed by atoms with van der Waals surface area (Å²) in [7, 11) is 0. The van der Waals surface area contributed by atoms with Crippen molar-refractivity contribution in [3.8, 4) is 0 Å². The van der Waals surface area contributed by atoms with Crippen LogP contribution in [0.5, 0.6) is 0 Å². The van der Waals surface area contributed by atoms with Gasteiger partial charge in [0.25, 0.3) is 0 Å². The molecule has 0 atom stereocenters. The van der Waals surface area contributed by atoms with Crippen LogP contribution in [0.4, 0.5) is 8.78 Å². The highest BCUT2D eigenvalue weighted by Gasteiger charge is 2.10. The Hall–Kier alpha value is -1.71. The van der Waals surface area contributed by atoms with E-state index in [2.05, 4.69) is 4.98 Å². The molecule has 0 aliphatic heterocycles. The highest BCUT2D eigenvalue weighted by atomic mass is 19.1. The van der Waals surface area contributed by atoms with Gasteiger partial charge in [-0.05, 0) is 6.07 Å². The van der Waals surface area contributed by atoms with E-state index in [1.165, 1.54) is 12.1 Å². The van der Waals surface area contributed by atoms with Gasteiger partial charge in [0.15, 0.2) is 0 Å². The zero-order chi connectivity index (χ0) is 12.4. The zero-order valence-electron chi connectivity index (χ0n) is 9.82. The maximum absolute atomic E-state index is 13.5. The van der Waals surface area contributed by atoms with Crippen LogP contribution < -0.4 is 0 Å². The molecule has 2 nitrogen and oxygen atoms in total. The molecule has 2 rings (SSSR count). The first-order valence-electron chi connectivity index (χ1n) is 5.53. The fourth-order valence-electron chi connectivity index (χ4n) is 1.79. The summed E-state index contributed by atoms with van der Waals surface area (Å²) in [5.41, 5.74) is 0.464. The molecule has 0 aliphatic rings. The molecule has 0 radical (unpaired) electrons. The molecule has 0 aliphatic carbocycles. The number of aromatic nitrogens is 2. The summed E-state index contributed by atoms with van der Waals surface area (Å²) >= 11 is 0. The van der Waals surface area contributed by atoms with Crippen molar-refractivity contribution >= 4 is 0 Å². The molecular weight excluding hydrogens is 222 g/mol. The SMILES string of the molecule is CC(C)c1nccn1Cc1ccc(F)cc1F. The first-order valence-corrected chi connectivity index (χ1v) is 5.53. The Bertz CT molecular complexity index is 518. The molecule has 0 amide bonds. The molecule has 0 saturated heterocycles. The fraction of sp³-hybridized carbons (Fsp3) is 0.308. The van der Waals surface area contributed by atoms with Crippen LogP contribution in [-0.4, -0.2) is 9.55 Å². The van der Waals surface area contributed by atoms with Crippen LogP contribution >= 0.6 is 0 Å². The molecule has 90 valence electrons. The molecule has 0 unspecified atom stereocenters. The standard InChI is InChI=1S/C13H14F2N2/c1-9(2)13-16-5-6-17(13)8-10-3-4-11(14)7-12(10)15/h3-7,9H,8H2,1-2H3. The minimum absolute atomic E-state index is 0.272. The molecule has 17 heavy (non-hydrogen) atoms. The number of benzene rings is 1. The van der Waals surface area contributed by atoms with Crippen molar-refractivity contribution in [3.05, 3.63) is 53.6 Å². The summed E-state index contributed by atoms with van der Waals surface area (Å²) in [5, 5.41) is 0. The number of imidazole rings is 1. The second-order valence-electron chi connectivity index (χ2n) is 4.30. The van der Waals surface area contributed by atoms with Crippen LogP contribution in [0.25, 0.3) is 0 Å². The van der Waals surface area contributed by atoms with Gasteiger partial charge in [0.05, 0.1) is 6.54 Å². The van der Waals surface area contributed by atoms with Gasteiger partial charge in [-0.1, -0.05) is 19.9 Å². The van der Waals surface area contributed by atoms with Crippen LogP contribution in [0.15, 0.2) is 30.6 Å². The number of nitrogens with zero attached hydrogens (tertiary/aromatic N) is 2. The van der Waals surface area contributed by atoms with E-state index in [0.29, 0.717) is 12.1 Å². The maximum Gasteiger partial charge on any atom is 0.131 e. The van der Waals surface area contributed by atoms with E-state index in [1.807, 2.05) is 18.4 Å². The summed E-state index contributed by atoms with van der Waals surface area (Å²) in [4.78, 5) is 4.23. The smallest absolute Gasteiger partial charge is 0.131 e. The monoisotopic (exact) mass is 236 g/mol. The predicted octanol–water partition coefficient (Wildman–Crippen LogP) is 3.33. The van der Waals surface area contributed by atoms with Crippen LogP contribution in [0.3, 0.4) is 0 Å². The Morgan fingerprint density at radius 3 is 2.71 bits per heavy atom. The number of rotatable bonds is 3. The minimum Gasteiger partial charge on any atom is -0.330 e. The topological polar surface area (TPSA) is 17.8 Å². The van der Waals surface area contributed by atoms with Crippen molar-refractivity contribution in [2.24, 2.45) is 0 Å². The molecule has 1 heterocycles. The summed E-state index contributed by atoms with van der Waals surface area (Å²) in [6.45, 7) is 4.43. The van der Waals surface area contributed by atoms with Crippen molar-refractivity contribution in [2.45, 2.75) is 26.3 Å². The highest BCUT2D eigenvalue weighted by Crippen LogP contribution is 2.16. The van der Waals surface area contributed by atoms with Crippen molar-refractivity contribution in [2.75, 3.05) is 0 Å². The summed E-state index contributed by atoms with van der Waals surface area (Å²) in [6, 6.07) is 3.64. The lowest BCUT2D eigenvalue weighted by Crippen LogP contribution is -2.07. The Labute approximate surface area is 98.9 Å². The average molecular weight is 236 g/mol. The summed E-state index contributed by atoms with van der Waals surface area (Å²) < 4.78 is 28.2. The Morgan fingerprint density at radius 2 is 2.06 bits per heavy atom. The molecule has 4 heteroatoms. The molecule has 0 spiro atoms. The van der Waals surface area contributed by atoms with Crippen LogP contribution in [-0.2, 0) is 6.54 Å². The van der Waals surface area contributed by atoms with E-state index in [9.17, 15) is 8.78 Å². The van der Waals surface area contributed by atoms with E-state index in [1.54, 1.807) is 12.4 Å². The molecule has 0 bridgehead atoms. The molecule has 0 fully saturated rings. The molecule has 0 saturated carbocycles. The molecule has 1 aromatic carbocycles. The predicted molar refractivity (Wildman–Crippen MR) is 61.8 cm³/mol. The van der Waals surface area contributed by atoms with Gasteiger partial charge < -0.3 is 4.57 Å². The van der Waals surface area contributed by atoms with Crippen LogP contribution in [0, 0.1) is 11.6 Å². The quantitative estimate of drug-likeness (QED) is 0.799. The maximum atomic E-state index is 13.5. The molecule has 2 aromatic rings. The Kier molecular flexibility index (Phi) is 3.22. The van der Waals surface area contributed by atoms with E-state index in [4.69, 9.17) is 0 Å². The van der Waals surface area contributed by atoms with Gasteiger partial charge in [0.1, 0.15) is 17.5 Å². The van der Waals surface area contributed by atoms with Crippen molar-refractivity contribution in [1.29, 1.82) is 0 Å². The average Bonchev–Trinajstić information content (AvgIpc) is 2.70. The third kappa shape index (κ3) is 2.52. The highest BCUT2D eigenvalue weighted by molar-refractivity contribution is 5.19. The van der Waals surface area contributed by atoms with E-state index >= 15 is 0 Å². The van der Waals surface area contributed by atoms with Crippen molar-refractivity contribution in [3.63, 3.8) is 0 Å². The first kappa shape index (κ1) is 11.8. The fourth-order valence-corrected chi connectivity index (χ4v) is 1.79. The van der Waals surface area contributed by atoms with E-state index in [-0.39, 0.29) is 5.92 Å². The van der Waals surface area contributed by atoms with Gasteiger partial charge in [0, 0.05) is 29.9 Å². The van der Waals surface area contributed by atoms with Gasteiger partial charge in [-0.25, -0.2) is 13.8 Å². The summed E-state index contributed by atoms with van der Waals surface area (Å²) in [6.07, 6.45) is 3.49. The van der Waals surface area contributed by atoms with E-state index < -0.39 is 11.6 Å². The van der Waals surface area contributed by atoms with Crippen molar-refractivity contribution < 1.29 is 8.78 Å². The Balaban J connectivity index is 2.28. The van der Waals surface area contributed by atoms with E-state index in [0.717, 1.165) is 11.9 Å². The largest absolute Gasteiger partial charge is 0.330 e. The van der Waals surface area contributed by atoms with Gasteiger partial charge in [-0.2, -0.15) is 0 Å². The normalized spacial score (nSPS) is 11.1. The zero-order valence-corrected chi connectivity index (χ0v) is 9.82.